The first-order valence-electron chi connectivity index (χ1n) is 11.1. The van der Waals surface area contributed by atoms with Gasteiger partial charge in [-0.25, -0.2) is 4.79 Å². The number of carbonyl (C=O) groups is 2. The van der Waals surface area contributed by atoms with E-state index in [1.54, 1.807) is 18.2 Å². The van der Waals surface area contributed by atoms with E-state index in [2.05, 4.69) is 0 Å². The maximum atomic E-state index is 10.7. The molecule has 0 saturated carbocycles. The first-order chi connectivity index (χ1) is 16.6. The van der Waals surface area contributed by atoms with Gasteiger partial charge in [0.2, 0.25) is 0 Å². The van der Waals surface area contributed by atoms with E-state index in [1.807, 2.05) is 36.4 Å². The molecule has 3 aliphatic heterocycles. The molecule has 7 heteroatoms. The van der Waals surface area contributed by atoms with E-state index in [0.717, 1.165) is 60.3 Å². The van der Waals surface area contributed by atoms with Crippen LogP contribution in [0.25, 0.3) is 0 Å². The van der Waals surface area contributed by atoms with Crippen molar-refractivity contribution in [2.24, 2.45) is 0 Å². The van der Waals surface area contributed by atoms with E-state index < -0.39 is 5.97 Å². The number of aliphatic hydroxyl groups is 1. The number of para-hydroxylation sites is 3. The molecule has 3 aliphatic rings. The molecule has 0 saturated heterocycles. The highest BCUT2D eigenvalue weighted by Gasteiger charge is 2.19. The minimum Gasteiger partial charge on any atom is -0.493 e. The van der Waals surface area contributed by atoms with Gasteiger partial charge in [0.1, 0.15) is 22.8 Å². The van der Waals surface area contributed by atoms with Crippen LogP contribution in [-0.2, 0) is 25.9 Å². The number of hydrogen-bond donors (Lipinski definition) is 2. The van der Waals surface area contributed by atoms with Gasteiger partial charge >= 0.3 is 5.97 Å². The molecule has 2 N–H and O–H groups in total. The molecule has 0 spiro atoms. The molecule has 0 bridgehead atoms. The number of carboxylic acid groups (broad SMARTS) is 1. The zero-order valence-corrected chi connectivity index (χ0v) is 18.7. The third kappa shape index (κ3) is 5.05. The lowest BCUT2D eigenvalue weighted by molar-refractivity contribution is 0.0693. The highest BCUT2D eigenvalue weighted by molar-refractivity contribution is 5.91. The smallest absolute Gasteiger partial charge is 0.339 e. The summed E-state index contributed by atoms with van der Waals surface area (Å²) in [6.45, 7) is 2.13. The lowest BCUT2D eigenvalue weighted by atomic mass is 10.1. The predicted molar refractivity (Wildman–Crippen MR) is 125 cm³/mol. The fourth-order valence-electron chi connectivity index (χ4n) is 4.12. The van der Waals surface area contributed by atoms with Gasteiger partial charge in [0, 0.05) is 24.8 Å². The second-order valence-corrected chi connectivity index (χ2v) is 7.91. The lowest BCUT2D eigenvalue weighted by Gasteiger charge is -2.03. The molecule has 7 nitrogen and oxygen atoms in total. The summed E-state index contributed by atoms with van der Waals surface area (Å²) in [5.74, 6) is 1.30. The number of hydrogen-bond acceptors (Lipinski definition) is 6. The van der Waals surface area contributed by atoms with Crippen molar-refractivity contribution in [3.05, 3.63) is 88.0 Å². The van der Waals surface area contributed by atoms with Gasteiger partial charge in [-0.3, -0.25) is 4.79 Å². The number of aldehydes is 1. The van der Waals surface area contributed by atoms with Gasteiger partial charge in [0.15, 0.2) is 6.29 Å². The Kier molecular flexibility index (Phi) is 7.44. The molecule has 3 heterocycles. The van der Waals surface area contributed by atoms with Crippen molar-refractivity contribution in [2.45, 2.75) is 25.9 Å². The number of aromatic carboxylic acids is 1. The lowest BCUT2D eigenvalue weighted by Crippen LogP contribution is -1.99. The van der Waals surface area contributed by atoms with Crippen molar-refractivity contribution in [1.29, 1.82) is 0 Å². The Morgan fingerprint density at radius 1 is 0.765 bits per heavy atom. The summed E-state index contributed by atoms with van der Waals surface area (Å²) in [5.41, 5.74) is 5.20. The molecule has 0 aliphatic carbocycles. The Bertz CT molecular complexity index is 1190. The van der Waals surface area contributed by atoms with E-state index in [-0.39, 0.29) is 12.2 Å². The second kappa shape index (κ2) is 10.9. The normalized spacial score (nSPS) is 13.9. The summed E-state index contributed by atoms with van der Waals surface area (Å²) in [6, 6.07) is 16.8. The van der Waals surface area contributed by atoms with Gasteiger partial charge in [0.25, 0.3) is 0 Å². The van der Waals surface area contributed by atoms with Crippen LogP contribution in [0.1, 0.15) is 43.0 Å². The van der Waals surface area contributed by atoms with Crippen molar-refractivity contribution >= 4 is 12.3 Å². The van der Waals surface area contributed by atoms with Crippen LogP contribution < -0.4 is 14.2 Å². The van der Waals surface area contributed by atoms with E-state index in [0.29, 0.717) is 24.5 Å². The maximum Gasteiger partial charge on any atom is 0.339 e. The molecule has 0 fully saturated rings. The third-order valence-electron chi connectivity index (χ3n) is 5.78. The largest absolute Gasteiger partial charge is 0.493 e. The number of rotatable bonds is 3. The minimum absolute atomic E-state index is 0.0726. The zero-order valence-electron chi connectivity index (χ0n) is 18.7. The molecule has 3 aromatic rings. The molecular formula is C27H26O7. The van der Waals surface area contributed by atoms with Crippen LogP contribution in [0.5, 0.6) is 17.2 Å². The Morgan fingerprint density at radius 3 is 1.91 bits per heavy atom. The van der Waals surface area contributed by atoms with Crippen LogP contribution in [0.15, 0.2) is 54.6 Å². The first-order valence-corrected chi connectivity index (χ1v) is 11.1. The number of benzene rings is 3. The van der Waals surface area contributed by atoms with Crippen molar-refractivity contribution in [3.8, 4) is 17.2 Å². The molecular weight excluding hydrogens is 436 g/mol. The number of carbonyl (C=O) groups excluding carboxylic acids is 1. The van der Waals surface area contributed by atoms with Crippen LogP contribution in [0.2, 0.25) is 0 Å². The molecule has 6 rings (SSSR count). The molecule has 0 radical (unpaired) electrons. The van der Waals surface area contributed by atoms with Crippen LogP contribution in [-0.4, -0.2) is 42.3 Å². The van der Waals surface area contributed by atoms with E-state index >= 15 is 0 Å². The standard InChI is InChI=1S/C9H8O3.C9H10O2.C9H8O2/c10-9(11)7-3-1-2-6-4-5-12-8(6)7;2*10-6-8-3-1-2-7-4-5-11-9(7)8/h1-3H,4-5H2,(H,10,11);1-3,10H,4-6H2;1-3,6H,4-5H2. The summed E-state index contributed by atoms with van der Waals surface area (Å²) in [7, 11) is 0. The van der Waals surface area contributed by atoms with Crippen molar-refractivity contribution < 1.29 is 34.0 Å². The van der Waals surface area contributed by atoms with E-state index in [4.69, 9.17) is 24.4 Å². The number of fused-ring (bicyclic) bond motifs is 3. The molecule has 0 aromatic heterocycles. The Hall–Kier alpha value is -3.84. The molecule has 34 heavy (non-hydrogen) atoms. The average molecular weight is 462 g/mol. The van der Waals surface area contributed by atoms with Crippen LogP contribution in [0.3, 0.4) is 0 Å². The Balaban J connectivity index is 0.000000121. The first kappa shape index (κ1) is 23.3. The van der Waals surface area contributed by atoms with Gasteiger partial charge < -0.3 is 24.4 Å². The number of carboxylic acids is 1. The summed E-state index contributed by atoms with van der Waals surface area (Å²) in [4.78, 5) is 21.2. The van der Waals surface area contributed by atoms with Gasteiger partial charge in [-0.05, 0) is 28.8 Å². The average Bonchev–Trinajstić information content (AvgIpc) is 3.63. The van der Waals surface area contributed by atoms with Crippen LogP contribution >= 0.6 is 0 Å². The molecule has 0 atom stereocenters. The topological polar surface area (TPSA) is 102 Å². The fraction of sp³-hybridized carbons (Fsp3) is 0.259. The maximum absolute atomic E-state index is 10.7. The molecule has 0 amide bonds. The fourth-order valence-corrected chi connectivity index (χ4v) is 4.12. The number of aliphatic hydroxyl groups excluding tert-OH is 1. The van der Waals surface area contributed by atoms with Crippen molar-refractivity contribution in [3.63, 3.8) is 0 Å². The van der Waals surface area contributed by atoms with Gasteiger partial charge in [-0.15, -0.1) is 0 Å². The summed E-state index contributed by atoms with van der Waals surface area (Å²) >= 11 is 0. The van der Waals surface area contributed by atoms with E-state index in [9.17, 15) is 9.59 Å². The van der Waals surface area contributed by atoms with E-state index in [1.165, 1.54) is 5.56 Å². The monoisotopic (exact) mass is 462 g/mol. The minimum atomic E-state index is -0.922. The van der Waals surface area contributed by atoms with Gasteiger partial charge in [0.05, 0.1) is 32.0 Å². The Labute approximate surface area is 197 Å². The van der Waals surface area contributed by atoms with Crippen molar-refractivity contribution in [2.75, 3.05) is 19.8 Å². The highest BCUT2D eigenvalue weighted by Crippen LogP contribution is 2.30. The SMILES string of the molecule is O=C(O)c1cccc2c1OCC2.O=Cc1cccc2c1OCC2.OCc1cccc2c1OCC2. The van der Waals surface area contributed by atoms with Crippen LogP contribution in [0, 0.1) is 0 Å². The quantitative estimate of drug-likeness (QED) is 0.570. The zero-order chi connectivity index (χ0) is 23.9. The predicted octanol–water partition coefficient (Wildman–Crippen LogP) is 3.87. The van der Waals surface area contributed by atoms with Gasteiger partial charge in [-0.1, -0.05) is 42.5 Å². The van der Waals surface area contributed by atoms with Crippen LogP contribution in [0.4, 0.5) is 0 Å². The third-order valence-corrected chi connectivity index (χ3v) is 5.78. The molecule has 176 valence electrons. The summed E-state index contributed by atoms with van der Waals surface area (Å²) in [5, 5.41) is 17.7. The summed E-state index contributed by atoms with van der Waals surface area (Å²) < 4.78 is 15.9. The Morgan fingerprint density at radius 2 is 1.29 bits per heavy atom. The second-order valence-electron chi connectivity index (χ2n) is 7.91. The van der Waals surface area contributed by atoms with Gasteiger partial charge in [-0.2, -0.15) is 0 Å². The summed E-state index contributed by atoms with van der Waals surface area (Å²) in [6.07, 6.45) is 3.56. The molecule has 3 aromatic carbocycles. The highest BCUT2D eigenvalue weighted by atomic mass is 16.5. The number of ether oxygens (including phenoxy) is 3. The van der Waals surface area contributed by atoms with Crippen molar-refractivity contribution in [1.82, 2.24) is 0 Å². The molecule has 0 unspecified atom stereocenters.